The Morgan fingerprint density at radius 3 is 2.65 bits per heavy atom. The number of nitrogens with one attached hydrogen (secondary N) is 1. The van der Waals surface area contributed by atoms with Crippen molar-refractivity contribution in [3.63, 3.8) is 0 Å². The molecule has 0 saturated heterocycles. The van der Waals surface area contributed by atoms with Gasteiger partial charge in [0, 0.05) is 30.9 Å². The summed E-state index contributed by atoms with van der Waals surface area (Å²) in [6.45, 7) is 7.54. The van der Waals surface area contributed by atoms with Gasteiger partial charge in [-0.15, -0.1) is 0 Å². The fourth-order valence-electron chi connectivity index (χ4n) is 2.95. The van der Waals surface area contributed by atoms with Crippen LogP contribution in [0, 0.1) is 19.8 Å². The van der Waals surface area contributed by atoms with Crippen LogP contribution in [0.25, 0.3) is 0 Å². The topological polar surface area (TPSA) is 29.9 Å². The zero-order chi connectivity index (χ0) is 12.4. The highest BCUT2D eigenvalue weighted by Gasteiger charge is 2.23. The first-order valence-corrected chi connectivity index (χ1v) is 6.84. The second-order valence-electron chi connectivity index (χ2n) is 5.44. The number of aryl methyl sites for hydroxylation is 2. The van der Waals surface area contributed by atoms with Crippen LogP contribution in [0.2, 0.25) is 0 Å². The lowest BCUT2D eigenvalue weighted by molar-refractivity contribution is 0.476. The quantitative estimate of drug-likeness (QED) is 0.869. The highest BCUT2D eigenvalue weighted by molar-refractivity contribution is 5.24. The molecule has 3 nitrogen and oxygen atoms in total. The van der Waals surface area contributed by atoms with Crippen molar-refractivity contribution in [2.45, 2.75) is 59.0 Å². The maximum Gasteiger partial charge on any atom is 0.0641 e. The first-order chi connectivity index (χ1) is 8.11. The molecule has 2 atom stereocenters. The number of rotatable bonds is 4. The van der Waals surface area contributed by atoms with E-state index >= 15 is 0 Å². The molecule has 17 heavy (non-hydrogen) atoms. The molecule has 1 aliphatic carbocycles. The van der Waals surface area contributed by atoms with E-state index in [0.717, 1.165) is 18.5 Å². The molecule has 2 unspecified atom stereocenters. The van der Waals surface area contributed by atoms with E-state index in [4.69, 9.17) is 0 Å². The average molecular weight is 235 g/mol. The van der Waals surface area contributed by atoms with Crippen LogP contribution in [0.5, 0.6) is 0 Å². The maximum absolute atomic E-state index is 4.46. The molecule has 0 radical (unpaired) electrons. The summed E-state index contributed by atoms with van der Waals surface area (Å²) in [7, 11) is 2.02. The van der Waals surface area contributed by atoms with Crippen molar-refractivity contribution in [1.29, 1.82) is 0 Å². The molecule has 96 valence electrons. The zero-order valence-corrected chi connectivity index (χ0v) is 11.6. The molecule has 1 saturated carbocycles. The predicted octanol–water partition coefficient (Wildman–Crippen LogP) is 2.71. The second-order valence-corrected chi connectivity index (χ2v) is 5.44. The molecule has 0 aromatic carbocycles. The van der Waals surface area contributed by atoms with Crippen molar-refractivity contribution < 1.29 is 0 Å². The molecule has 1 heterocycles. The fraction of sp³-hybridized carbons (Fsp3) is 0.786. The standard InChI is InChI=1S/C14H25N3/c1-5-12-6-7-13(8-12)15-9-14-10(2)16-17(4)11(14)3/h12-13,15H,5-9H2,1-4H3. The lowest BCUT2D eigenvalue weighted by Crippen LogP contribution is -2.26. The Morgan fingerprint density at radius 2 is 2.12 bits per heavy atom. The smallest absolute Gasteiger partial charge is 0.0641 e. The van der Waals surface area contributed by atoms with Gasteiger partial charge >= 0.3 is 0 Å². The van der Waals surface area contributed by atoms with E-state index in [1.54, 1.807) is 0 Å². The van der Waals surface area contributed by atoms with Crippen LogP contribution >= 0.6 is 0 Å². The second kappa shape index (κ2) is 5.21. The lowest BCUT2D eigenvalue weighted by atomic mass is 10.1. The van der Waals surface area contributed by atoms with Gasteiger partial charge in [-0.05, 0) is 39.0 Å². The normalized spacial score (nSPS) is 24.5. The van der Waals surface area contributed by atoms with E-state index in [2.05, 4.69) is 31.2 Å². The Bertz CT molecular complexity index is 381. The SMILES string of the molecule is CCC1CCC(NCc2c(C)nn(C)c2C)C1. The summed E-state index contributed by atoms with van der Waals surface area (Å²) >= 11 is 0. The van der Waals surface area contributed by atoms with Crippen molar-refractivity contribution in [2.24, 2.45) is 13.0 Å². The van der Waals surface area contributed by atoms with Gasteiger partial charge in [0.25, 0.3) is 0 Å². The molecule has 3 heteroatoms. The van der Waals surface area contributed by atoms with Gasteiger partial charge < -0.3 is 5.32 Å². The number of hydrogen-bond donors (Lipinski definition) is 1. The number of hydrogen-bond acceptors (Lipinski definition) is 2. The Morgan fingerprint density at radius 1 is 1.35 bits per heavy atom. The van der Waals surface area contributed by atoms with Crippen LogP contribution in [0.15, 0.2) is 0 Å². The van der Waals surface area contributed by atoms with E-state index in [1.807, 2.05) is 11.7 Å². The van der Waals surface area contributed by atoms with Crippen molar-refractivity contribution in [3.8, 4) is 0 Å². The van der Waals surface area contributed by atoms with Crippen molar-refractivity contribution >= 4 is 0 Å². The van der Waals surface area contributed by atoms with Gasteiger partial charge in [-0.25, -0.2) is 0 Å². The highest BCUT2D eigenvalue weighted by atomic mass is 15.3. The van der Waals surface area contributed by atoms with Gasteiger partial charge in [0.05, 0.1) is 5.69 Å². The highest BCUT2D eigenvalue weighted by Crippen LogP contribution is 2.28. The molecule has 1 aromatic rings. The maximum atomic E-state index is 4.46. The third kappa shape index (κ3) is 2.71. The van der Waals surface area contributed by atoms with Crippen molar-refractivity contribution in [2.75, 3.05) is 0 Å². The Kier molecular flexibility index (Phi) is 3.87. The first-order valence-electron chi connectivity index (χ1n) is 6.84. The Labute approximate surface area is 105 Å². The van der Waals surface area contributed by atoms with Crippen LogP contribution < -0.4 is 5.32 Å². The third-order valence-corrected chi connectivity index (χ3v) is 4.34. The molecule has 0 aliphatic heterocycles. The molecule has 0 bridgehead atoms. The van der Waals surface area contributed by atoms with E-state index in [0.29, 0.717) is 0 Å². The fourth-order valence-corrected chi connectivity index (χ4v) is 2.95. The summed E-state index contributed by atoms with van der Waals surface area (Å²) in [5.74, 6) is 0.948. The van der Waals surface area contributed by atoms with Gasteiger partial charge in [-0.3, -0.25) is 4.68 Å². The molecular formula is C14H25N3. The zero-order valence-electron chi connectivity index (χ0n) is 11.6. The van der Waals surface area contributed by atoms with Gasteiger partial charge in [-0.2, -0.15) is 5.10 Å². The van der Waals surface area contributed by atoms with Gasteiger partial charge in [0.15, 0.2) is 0 Å². The summed E-state index contributed by atoms with van der Waals surface area (Å²) in [6, 6.07) is 0.721. The van der Waals surface area contributed by atoms with Crippen molar-refractivity contribution in [1.82, 2.24) is 15.1 Å². The number of nitrogens with zero attached hydrogens (tertiary/aromatic N) is 2. The molecule has 2 rings (SSSR count). The van der Waals surface area contributed by atoms with E-state index in [9.17, 15) is 0 Å². The molecular weight excluding hydrogens is 210 g/mol. The van der Waals surface area contributed by atoms with Crippen LogP contribution in [0.4, 0.5) is 0 Å². The molecule has 1 aliphatic rings. The monoisotopic (exact) mass is 235 g/mol. The van der Waals surface area contributed by atoms with Crippen LogP contribution in [-0.4, -0.2) is 15.8 Å². The van der Waals surface area contributed by atoms with Gasteiger partial charge in [0.1, 0.15) is 0 Å². The minimum atomic E-state index is 0.721. The molecule has 0 amide bonds. The Balaban J connectivity index is 1.90. The average Bonchev–Trinajstić information content (AvgIpc) is 2.84. The van der Waals surface area contributed by atoms with E-state index in [-0.39, 0.29) is 0 Å². The molecule has 1 fully saturated rings. The third-order valence-electron chi connectivity index (χ3n) is 4.34. The van der Waals surface area contributed by atoms with E-state index in [1.165, 1.54) is 42.6 Å². The minimum absolute atomic E-state index is 0.721. The summed E-state index contributed by atoms with van der Waals surface area (Å²) in [5.41, 5.74) is 3.84. The summed E-state index contributed by atoms with van der Waals surface area (Å²) in [4.78, 5) is 0. The van der Waals surface area contributed by atoms with Crippen molar-refractivity contribution in [3.05, 3.63) is 17.0 Å². The summed E-state index contributed by atoms with van der Waals surface area (Å²) in [5, 5.41) is 8.17. The molecule has 0 spiro atoms. The Hall–Kier alpha value is -0.830. The summed E-state index contributed by atoms with van der Waals surface area (Å²) in [6.07, 6.45) is 5.44. The molecule has 1 N–H and O–H groups in total. The van der Waals surface area contributed by atoms with E-state index < -0.39 is 0 Å². The molecule has 1 aromatic heterocycles. The minimum Gasteiger partial charge on any atom is -0.310 e. The first kappa shape index (κ1) is 12.6. The van der Waals surface area contributed by atoms with Crippen LogP contribution in [-0.2, 0) is 13.6 Å². The van der Waals surface area contributed by atoms with Crippen LogP contribution in [0.1, 0.15) is 49.6 Å². The summed E-state index contributed by atoms with van der Waals surface area (Å²) < 4.78 is 1.98. The predicted molar refractivity (Wildman–Crippen MR) is 70.9 cm³/mol. The van der Waals surface area contributed by atoms with Crippen LogP contribution in [0.3, 0.4) is 0 Å². The number of aromatic nitrogens is 2. The van der Waals surface area contributed by atoms with Gasteiger partial charge in [0.2, 0.25) is 0 Å². The largest absolute Gasteiger partial charge is 0.310 e. The van der Waals surface area contributed by atoms with Gasteiger partial charge in [-0.1, -0.05) is 13.3 Å². The lowest BCUT2D eigenvalue weighted by Gasteiger charge is -2.13.